The SMILES string of the molecule is COc1cc(OC)c(-c2cc(N)n(C)n2)cc1CF. The van der Waals surface area contributed by atoms with E-state index in [4.69, 9.17) is 15.2 Å². The number of hydrogen-bond acceptors (Lipinski definition) is 4. The highest BCUT2D eigenvalue weighted by atomic mass is 19.1. The maximum atomic E-state index is 13.0. The molecule has 102 valence electrons. The highest BCUT2D eigenvalue weighted by Crippen LogP contribution is 2.36. The van der Waals surface area contributed by atoms with E-state index in [1.54, 1.807) is 37.0 Å². The molecule has 0 bridgehead atoms. The number of nitrogens with zero attached hydrogens (tertiary/aromatic N) is 2. The summed E-state index contributed by atoms with van der Waals surface area (Å²) in [6.07, 6.45) is 0. The van der Waals surface area contributed by atoms with Crippen LogP contribution in [0.3, 0.4) is 0 Å². The summed E-state index contributed by atoms with van der Waals surface area (Å²) >= 11 is 0. The molecule has 0 aliphatic heterocycles. The Morgan fingerprint density at radius 2 is 1.89 bits per heavy atom. The number of nitrogen functional groups attached to an aromatic ring is 1. The molecule has 6 heteroatoms. The lowest BCUT2D eigenvalue weighted by molar-refractivity contribution is 0.382. The van der Waals surface area contributed by atoms with Gasteiger partial charge in [0.05, 0.1) is 19.9 Å². The maximum absolute atomic E-state index is 13.0. The van der Waals surface area contributed by atoms with Gasteiger partial charge in [0, 0.05) is 30.3 Å². The first-order valence-electron chi connectivity index (χ1n) is 5.71. The number of methoxy groups -OCH3 is 2. The van der Waals surface area contributed by atoms with Gasteiger partial charge in [0.2, 0.25) is 0 Å². The Morgan fingerprint density at radius 1 is 1.21 bits per heavy atom. The number of aromatic nitrogens is 2. The van der Waals surface area contributed by atoms with E-state index >= 15 is 0 Å². The molecule has 2 aromatic rings. The van der Waals surface area contributed by atoms with Gasteiger partial charge in [-0.3, -0.25) is 4.68 Å². The summed E-state index contributed by atoms with van der Waals surface area (Å²) < 4.78 is 25.0. The third-order valence-electron chi connectivity index (χ3n) is 2.94. The summed E-state index contributed by atoms with van der Waals surface area (Å²) in [6, 6.07) is 5.03. The average molecular weight is 265 g/mol. The quantitative estimate of drug-likeness (QED) is 0.920. The summed E-state index contributed by atoms with van der Waals surface area (Å²) in [5, 5.41) is 4.27. The zero-order valence-corrected chi connectivity index (χ0v) is 11.1. The van der Waals surface area contributed by atoms with Crippen molar-refractivity contribution in [1.82, 2.24) is 9.78 Å². The number of hydrogen-bond donors (Lipinski definition) is 1. The first-order valence-corrected chi connectivity index (χ1v) is 5.71. The Morgan fingerprint density at radius 3 is 2.37 bits per heavy atom. The minimum Gasteiger partial charge on any atom is -0.496 e. The number of nitrogens with two attached hydrogens (primary N) is 1. The van der Waals surface area contributed by atoms with Gasteiger partial charge in [-0.05, 0) is 6.07 Å². The van der Waals surface area contributed by atoms with Gasteiger partial charge in [-0.25, -0.2) is 4.39 Å². The monoisotopic (exact) mass is 265 g/mol. The predicted molar refractivity (Wildman–Crippen MR) is 71.0 cm³/mol. The molecule has 1 aromatic carbocycles. The zero-order chi connectivity index (χ0) is 14.0. The molecule has 2 N–H and O–H groups in total. The molecule has 5 nitrogen and oxygen atoms in total. The van der Waals surface area contributed by atoms with Crippen LogP contribution in [-0.2, 0) is 13.7 Å². The molecule has 19 heavy (non-hydrogen) atoms. The highest BCUT2D eigenvalue weighted by Gasteiger charge is 2.15. The molecule has 1 aromatic heterocycles. The summed E-state index contributed by atoms with van der Waals surface area (Å²) in [7, 11) is 4.77. The van der Waals surface area contributed by atoms with E-state index in [9.17, 15) is 4.39 Å². The lowest BCUT2D eigenvalue weighted by atomic mass is 10.1. The standard InChI is InChI=1S/C13H16FN3O2/c1-17-13(15)5-10(16-17)9-4-8(7-14)11(18-2)6-12(9)19-3/h4-6H,7,15H2,1-3H3. The van der Waals surface area contributed by atoms with Crippen molar-refractivity contribution >= 4 is 5.82 Å². The summed E-state index contributed by atoms with van der Waals surface area (Å²) in [4.78, 5) is 0. The van der Waals surface area contributed by atoms with Gasteiger partial charge in [-0.1, -0.05) is 0 Å². The van der Waals surface area contributed by atoms with Crippen molar-refractivity contribution in [1.29, 1.82) is 0 Å². The molecule has 0 fully saturated rings. The molecule has 0 saturated carbocycles. The minimum absolute atomic E-state index is 0.447. The fourth-order valence-corrected chi connectivity index (χ4v) is 1.88. The molecular weight excluding hydrogens is 249 g/mol. The minimum atomic E-state index is -0.623. The smallest absolute Gasteiger partial charge is 0.132 e. The van der Waals surface area contributed by atoms with E-state index in [-0.39, 0.29) is 0 Å². The molecule has 2 rings (SSSR count). The van der Waals surface area contributed by atoms with Crippen molar-refractivity contribution in [2.45, 2.75) is 6.67 Å². The molecule has 0 atom stereocenters. The Hall–Kier alpha value is -2.24. The number of benzene rings is 1. The summed E-state index contributed by atoms with van der Waals surface area (Å²) in [5.74, 6) is 1.54. The molecule has 0 aliphatic carbocycles. The van der Waals surface area contributed by atoms with Crippen molar-refractivity contribution in [3.8, 4) is 22.8 Å². The van der Waals surface area contributed by atoms with Crippen molar-refractivity contribution in [3.05, 3.63) is 23.8 Å². The van der Waals surface area contributed by atoms with Crippen LogP contribution < -0.4 is 15.2 Å². The fraction of sp³-hybridized carbons (Fsp3) is 0.308. The van der Waals surface area contributed by atoms with Crippen LogP contribution in [-0.4, -0.2) is 24.0 Å². The molecule has 0 spiro atoms. The first kappa shape index (κ1) is 13.2. The number of rotatable bonds is 4. The van der Waals surface area contributed by atoms with E-state index in [0.29, 0.717) is 34.1 Å². The van der Waals surface area contributed by atoms with Crippen LogP contribution in [0.15, 0.2) is 18.2 Å². The van der Waals surface area contributed by atoms with Gasteiger partial charge in [0.15, 0.2) is 0 Å². The average Bonchev–Trinajstić information content (AvgIpc) is 2.76. The summed E-state index contributed by atoms with van der Waals surface area (Å²) in [6.45, 7) is -0.623. The van der Waals surface area contributed by atoms with Crippen molar-refractivity contribution in [2.75, 3.05) is 20.0 Å². The molecule has 0 aliphatic rings. The van der Waals surface area contributed by atoms with Crippen LogP contribution in [0.5, 0.6) is 11.5 Å². The number of alkyl halides is 1. The second kappa shape index (κ2) is 5.17. The van der Waals surface area contributed by atoms with Crippen LogP contribution in [0.25, 0.3) is 11.3 Å². The Labute approximate surface area is 110 Å². The number of ether oxygens (including phenoxy) is 2. The second-order valence-corrected chi connectivity index (χ2v) is 4.08. The zero-order valence-electron chi connectivity index (χ0n) is 11.1. The summed E-state index contributed by atoms with van der Waals surface area (Å²) in [5.41, 5.74) is 7.52. The maximum Gasteiger partial charge on any atom is 0.132 e. The normalized spacial score (nSPS) is 10.5. The Kier molecular flexibility index (Phi) is 3.59. The van der Waals surface area contributed by atoms with Crippen molar-refractivity contribution in [2.24, 2.45) is 7.05 Å². The van der Waals surface area contributed by atoms with Gasteiger partial charge >= 0.3 is 0 Å². The Bertz CT molecular complexity index is 576. The lowest BCUT2D eigenvalue weighted by Crippen LogP contribution is -1.97. The van der Waals surface area contributed by atoms with Gasteiger partial charge < -0.3 is 15.2 Å². The van der Waals surface area contributed by atoms with Crippen LogP contribution in [0.2, 0.25) is 0 Å². The van der Waals surface area contributed by atoms with Gasteiger partial charge in [-0.15, -0.1) is 0 Å². The topological polar surface area (TPSA) is 62.3 Å². The lowest BCUT2D eigenvalue weighted by Gasteiger charge is -2.12. The van der Waals surface area contributed by atoms with E-state index in [2.05, 4.69) is 5.10 Å². The third kappa shape index (κ3) is 2.33. The van der Waals surface area contributed by atoms with Crippen molar-refractivity contribution < 1.29 is 13.9 Å². The number of halogens is 1. The van der Waals surface area contributed by atoms with E-state index < -0.39 is 6.67 Å². The van der Waals surface area contributed by atoms with Crippen LogP contribution in [0.4, 0.5) is 10.2 Å². The first-order chi connectivity index (χ1) is 9.10. The predicted octanol–water partition coefficient (Wildman–Crippen LogP) is 2.16. The third-order valence-corrected chi connectivity index (χ3v) is 2.94. The van der Waals surface area contributed by atoms with Crippen molar-refractivity contribution in [3.63, 3.8) is 0 Å². The molecule has 0 saturated heterocycles. The van der Waals surface area contributed by atoms with E-state index in [0.717, 1.165) is 0 Å². The largest absolute Gasteiger partial charge is 0.496 e. The molecule has 0 amide bonds. The fourth-order valence-electron chi connectivity index (χ4n) is 1.88. The van der Waals surface area contributed by atoms with Gasteiger partial charge in [-0.2, -0.15) is 5.10 Å². The van der Waals surface area contributed by atoms with Gasteiger partial charge in [0.25, 0.3) is 0 Å². The van der Waals surface area contributed by atoms with E-state index in [1.165, 1.54) is 7.11 Å². The van der Waals surface area contributed by atoms with Crippen LogP contribution in [0.1, 0.15) is 5.56 Å². The number of aryl methyl sites for hydroxylation is 1. The Balaban J connectivity index is 2.61. The molecular formula is C13H16FN3O2. The van der Waals surface area contributed by atoms with Gasteiger partial charge in [0.1, 0.15) is 24.0 Å². The highest BCUT2D eigenvalue weighted by molar-refractivity contribution is 5.71. The van der Waals surface area contributed by atoms with Crippen LogP contribution >= 0.6 is 0 Å². The molecule has 1 heterocycles. The molecule has 0 radical (unpaired) electrons. The molecule has 0 unspecified atom stereocenters. The van der Waals surface area contributed by atoms with Crippen LogP contribution in [0, 0.1) is 0 Å². The number of anilines is 1. The van der Waals surface area contributed by atoms with E-state index in [1.807, 2.05) is 0 Å². The second-order valence-electron chi connectivity index (χ2n) is 4.08.